The average Bonchev–Trinajstić information content (AvgIpc) is 2.80. The summed E-state index contributed by atoms with van der Waals surface area (Å²) in [6.45, 7) is 5.19. The predicted molar refractivity (Wildman–Crippen MR) is 126 cm³/mol. The topological polar surface area (TPSA) is 157 Å². The van der Waals surface area contributed by atoms with Gasteiger partial charge in [0.15, 0.2) is 11.9 Å². The van der Waals surface area contributed by atoms with Crippen LogP contribution in [0.1, 0.15) is 44.0 Å². The number of hydrogen-bond donors (Lipinski definition) is 3. The van der Waals surface area contributed by atoms with E-state index in [4.69, 9.17) is 14.2 Å². The van der Waals surface area contributed by atoms with Crippen LogP contribution in [0, 0.1) is 0 Å². The SMILES string of the molecule is CCCCNc1cc(C(=O)O)cc(S(=O)(=O)NC(=O)O[C@@H](C)C(=O)OCC)c1Oc1ccccc1. The van der Waals surface area contributed by atoms with Gasteiger partial charge in [-0.3, -0.25) is 0 Å². The molecule has 190 valence electrons. The lowest BCUT2D eigenvalue weighted by molar-refractivity contribution is -0.152. The molecule has 1 amide bonds. The van der Waals surface area contributed by atoms with Crippen molar-refractivity contribution in [2.24, 2.45) is 0 Å². The number of benzene rings is 2. The van der Waals surface area contributed by atoms with E-state index in [2.05, 4.69) is 5.32 Å². The van der Waals surface area contributed by atoms with Crippen molar-refractivity contribution in [3.05, 3.63) is 48.0 Å². The molecular weight excluding hydrogens is 480 g/mol. The summed E-state index contributed by atoms with van der Waals surface area (Å²) in [5.74, 6) is -2.17. The summed E-state index contributed by atoms with van der Waals surface area (Å²) in [5, 5.41) is 12.5. The molecule has 0 aliphatic rings. The Labute approximate surface area is 203 Å². The summed E-state index contributed by atoms with van der Waals surface area (Å²) in [6.07, 6.45) is -1.27. The summed E-state index contributed by atoms with van der Waals surface area (Å²) < 4.78 is 43.3. The predicted octanol–water partition coefficient (Wildman–Crippen LogP) is 3.76. The Hall–Kier alpha value is -3.80. The van der Waals surface area contributed by atoms with Crippen LogP contribution in [-0.4, -0.2) is 50.8 Å². The maximum Gasteiger partial charge on any atom is 0.422 e. The van der Waals surface area contributed by atoms with Crippen LogP contribution in [0.3, 0.4) is 0 Å². The maximum atomic E-state index is 13.2. The van der Waals surface area contributed by atoms with Crippen LogP contribution in [0.5, 0.6) is 11.5 Å². The largest absolute Gasteiger partial charge is 0.478 e. The highest BCUT2D eigenvalue weighted by Gasteiger charge is 2.29. The number of nitrogens with one attached hydrogen (secondary N) is 2. The van der Waals surface area contributed by atoms with E-state index in [0.717, 1.165) is 18.9 Å². The Morgan fingerprint density at radius 2 is 1.77 bits per heavy atom. The van der Waals surface area contributed by atoms with E-state index in [1.165, 1.54) is 13.0 Å². The molecule has 0 radical (unpaired) electrons. The Kier molecular flexibility index (Phi) is 9.88. The number of aromatic carboxylic acids is 1. The Morgan fingerprint density at radius 1 is 1.09 bits per heavy atom. The number of unbranched alkanes of at least 4 members (excludes halogenated alkanes) is 1. The van der Waals surface area contributed by atoms with Gasteiger partial charge in [-0.2, -0.15) is 0 Å². The minimum Gasteiger partial charge on any atom is -0.478 e. The van der Waals surface area contributed by atoms with Gasteiger partial charge in [-0.15, -0.1) is 0 Å². The summed E-state index contributed by atoms with van der Waals surface area (Å²) >= 11 is 0. The number of sulfonamides is 1. The number of amides is 1. The number of carbonyl (C=O) groups excluding carboxylic acids is 2. The van der Waals surface area contributed by atoms with E-state index >= 15 is 0 Å². The maximum absolute atomic E-state index is 13.2. The number of anilines is 1. The van der Waals surface area contributed by atoms with Crippen molar-refractivity contribution in [2.75, 3.05) is 18.5 Å². The first-order valence-corrected chi connectivity index (χ1v) is 12.4. The van der Waals surface area contributed by atoms with Crippen molar-refractivity contribution < 1.29 is 42.1 Å². The fourth-order valence-corrected chi connectivity index (χ4v) is 3.88. The molecule has 3 N–H and O–H groups in total. The molecule has 0 aromatic heterocycles. The normalized spacial score (nSPS) is 11.7. The Bertz CT molecular complexity index is 1150. The average molecular weight is 509 g/mol. The third-order valence-corrected chi connectivity index (χ3v) is 5.84. The molecule has 0 aliphatic heterocycles. The minimum atomic E-state index is -4.71. The van der Waals surface area contributed by atoms with Crippen molar-refractivity contribution in [1.82, 2.24) is 4.72 Å². The molecule has 0 saturated carbocycles. The fourth-order valence-electron chi connectivity index (χ4n) is 2.83. The second-order valence-corrected chi connectivity index (χ2v) is 8.91. The Balaban J connectivity index is 2.50. The number of carbonyl (C=O) groups is 3. The number of esters is 1. The number of para-hydroxylation sites is 1. The van der Waals surface area contributed by atoms with Gasteiger partial charge in [-0.05, 0) is 44.5 Å². The first-order valence-electron chi connectivity index (χ1n) is 10.9. The zero-order chi connectivity index (χ0) is 26.0. The standard InChI is InChI=1S/C23H28N2O9S/c1-4-6-12-24-18-13-16(21(26)27)14-19(20(18)34-17-10-8-7-9-11-17)35(30,31)25-23(29)33-15(3)22(28)32-5-2/h7-11,13-15,24H,4-6,12H2,1-3H3,(H,25,29)(H,26,27)/t15-/m0/s1. The molecule has 0 saturated heterocycles. The third kappa shape index (κ3) is 7.88. The number of carboxylic acids is 1. The summed E-state index contributed by atoms with van der Waals surface area (Å²) in [5.41, 5.74) is -0.242. The van der Waals surface area contributed by atoms with Crippen LogP contribution in [0.2, 0.25) is 0 Å². The lowest BCUT2D eigenvalue weighted by atomic mass is 10.1. The van der Waals surface area contributed by atoms with E-state index in [0.29, 0.717) is 6.54 Å². The molecule has 2 aromatic rings. The van der Waals surface area contributed by atoms with Crippen LogP contribution < -0.4 is 14.8 Å². The van der Waals surface area contributed by atoms with E-state index in [1.54, 1.807) is 42.0 Å². The monoisotopic (exact) mass is 508 g/mol. The highest BCUT2D eigenvalue weighted by atomic mass is 32.2. The van der Waals surface area contributed by atoms with Crippen LogP contribution in [0.15, 0.2) is 47.4 Å². The van der Waals surface area contributed by atoms with Gasteiger partial charge in [0.25, 0.3) is 10.0 Å². The smallest absolute Gasteiger partial charge is 0.422 e. The van der Waals surface area contributed by atoms with E-state index in [1.807, 2.05) is 6.92 Å². The summed E-state index contributed by atoms with van der Waals surface area (Å²) in [6, 6.07) is 10.4. The molecule has 0 fully saturated rings. The molecule has 0 spiro atoms. The molecule has 2 aromatic carbocycles. The Morgan fingerprint density at radius 3 is 2.37 bits per heavy atom. The molecule has 0 bridgehead atoms. The second-order valence-electron chi connectivity index (χ2n) is 7.26. The van der Waals surface area contributed by atoms with Gasteiger partial charge in [-0.25, -0.2) is 27.5 Å². The molecular formula is C23H28N2O9S. The summed E-state index contributed by atoms with van der Waals surface area (Å²) in [7, 11) is -4.71. The van der Waals surface area contributed by atoms with E-state index in [9.17, 15) is 27.9 Å². The van der Waals surface area contributed by atoms with Gasteiger partial charge in [0.1, 0.15) is 10.6 Å². The van der Waals surface area contributed by atoms with Crippen molar-refractivity contribution in [2.45, 2.75) is 44.6 Å². The van der Waals surface area contributed by atoms with Gasteiger partial charge in [-0.1, -0.05) is 31.5 Å². The van der Waals surface area contributed by atoms with Gasteiger partial charge in [0.2, 0.25) is 0 Å². The molecule has 0 heterocycles. The molecule has 1 atom stereocenters. The lowest BCUT2D eigenvalue weighted by Crippen LogP contribution is -2.36. The van der Waals surface area contributed by atoms with Crippen LogP contribution >= 0.6 is 0 Å². The quantitative estimate of drug-likeness (QED) is 0.285. The van der Waals surface area contributed by atoms with Crippen LogP contribution in [-0.2, 0) is 24.3 Å². The molecule has 2 rings (SSSR count). The van der Waals surface area contributed by atoms with E-state index in [-0.39, 0.29) is 29.4 Å². The van der Waals surface area contributed by atoms with Crippen molar-refractivity contribution in [1.29, 1.82) is 0 Å². The van der Waals surface area contributed by atoms with Crippen molar-refractivity contribution in [3.63, 3.8) is 0 Å². The van der Waals surface area contributed by atoms with Gasteiger partial charge in [0, 0.05) is 6.54 Å². The lowest BCUT2D eigenvalue weighted by Gasteiger charge is -2.19. The second kappa shape index (κ2) is 12.6. The zero-order valence-corrected chi connectivity index (χ0v) is 20.4. The summed E-state index contributed by atoms with van der Waals surface area (Å²) in [4.78, 5) is 35.0. The van der Waals surface area contributed by atoms with E-state index < -0.39 is 39.1 Å². The molecule has 11 nitrogen and oxygen atoms in total. The molecule has 0 unspecified atom stereocenters. The van der Waals surface area contributed by atoms with Crippen molar-refractivity contribution in [3.8, 4) is 11.5 Å². The van der Waals surface area contributed by atoms with Gasteiger partial charge < -0.3 is 24.6 Å². The zero-order valence-electron chi connectivity index (χ0n) is 19.6. The first-order chi connectivity index (χ1) is 16.6. The van der Waals surface area contributed by atoms with Gasteiger partial charge >= 0.3 is 18.0 Å². The molecule has 35 heavy (non-hydrogen) atoms. The third-order valence-electron chi connectivity index (χ3n) is 4.52. The number of rotatable bonds is 12. The molecule has 0 aliphatic carbocycles. The van der Waals surface area contributed by atoms with Gasteiger partial charge in [0.05, 0.1) is 17.9 Å². The number of carboxylic acid groups (broad SMARTS) is 1. The highest BCUT2D eigenvalue weighted by Crippen LogP contribution is 2.37. The fraction of sp³-hybridized carbons (Fsp3) is 0.348. The number of ether oxygens (including phenoxy) is 3. The van der Waals surface area contributed by atoms with Crippen molar-refractivity contribution >= 4 is 33.7 Å². The minimum absolute atomic E-state index is 0.0441. The highest BCUT2D eigenvalue weighted by molar-refractivity contribution is 7.90. The number of hydrogen-bond acceptors (Lipinski definition) is 9. The van der Waals surface area contributed by atoms with Crippen LogP contribution in [0.25, 0.3) is 0 Å². The first kappa shape index (κ1) is 27.4. The van der Waals surface area contributed by atoms with Crippen LogP contribution in [0.4, 0.5) is 10.5 Å². The molecule has 12 heteroatoms.